The van der Waals surface area contributed by atoms with Crippen LogP contribution in [0.15, 0.2) is 188 Å². The van der Waals surface area contributed by atoms with Gasteiger partial charge >= 0.3 is 6.18 Å². The van der Waals surface area contributed by atoms with Crippen LogP contribution in [0.25, 0.3) is 95.0 Å². The number of rotatable bonds is 7. The first-order valence-corrected chi connectivity index (χ1v) is 20.1. The van der Waals surface area contributed by atoms with Crippen molar-refractivity contribution in [2.75, 3.05) is 0 Å². The summed E-state index contributed by atoms with van der Waals surface area (Å²) in [5, 5.41) is 2.11. The Balaban J connectivity index is 1.29. The fraction of sp³-hybridized carbons (Fsp3) is 0.0556. The third-order valence-corrected chi connectivity index (χ3v) is 11.3. The highest BCUT2D eigenvalue weighted by Gasteiger charge is 2.30. The highest BCUT2D eigenvalue weighted by atomic mass is 19.4. The molecular formula is C54H37F3N4. The van der Waals surface area contributed by atoms with Crippen LogP contribution in [0.4, 0.5) is 13.2 Å². The van der Waals surface area contributed by atoms with E-state index in [1.807, 2.05) is 78.9 Å². The van der Waals surface area contributed by atoms with Gasteiger partial charge in [-0.2, -0.15) is 13.2 Å². The van der Waals surface area contributed by atoms with Gasteiger partial charge in [-0.1, -0.05) is 163 Å². The van der Waals surface area contributed by atoms with E-state index in [1.165, 1.54) is 23.3 Å². The Bertz CT molecular complexity index is 3050. The largest absolute Gasteiger partial charge is 0.416 e. The first-order valence-electron chi connectivity index (χ1n) is 20.1. The van der Waals surface area contributed by atoms with E-state index in [0.717, 1.165) is 84.1 Å². The molecule has 10 aromatic rings. The smallest absolute Gasteiger partial charge is 0.308 e. The van der Waals surface area contributed by atoms with Crippen molar-refractivity contribution >= 4 is 21.8 Å². The first kappa shape index (κ1) is 37.6. The number of fused-ring (bicyclic) bond motifs is 3. The molecule has 0 aliphatic heterocycles. The van der Waals surface area contributed by atoms with Crippen LogP contribution < -0.4 is 0 Å². The molecule has 0 radical (unpaired) electrons. The summed E-state index contributed by atoms with van der Waals surface area (Å²) >= 11 is 0. The molecule has 61 heavy (non-hydrogen) atoms. The topological polar surface area (TPSA) is 43.6 Å². The van der Waals surface area contributed by atoms with Gasteiger partial charge in [0.05, 0.1) is 22.3 Å². The number of aryl methyl sites for hydroxylation is 2. The SMILES string of the molecule is Cc1ccc(-c2ccc3c4ccc(-c5ccc(C)cc5)cc4n(-c4cc(-c5ccc(C(F)(F)F)cc5)ccc4-c4nc(-c5ccccc5)nc(-c5ccccc5)n4)c3c2)cc1. The number of aromatic nitrogens is 4. The maximum atomic E-state index is 13.7. The van der Waals surface area contributed by atoms with Crippen molar-refractivity contribution in [3.63, 3.8) is 0 Å². The third-order valence-electron chi connectivity index (χ3n) is 11.3. The maximum absolute atomic E-state index is 13.7. The Morgan fingerprint density at radius 3 is 1.23 bits per heavy atom. The molecule has 0 fully saturated rings. The van der Waals surface area contributed by atoms with Crippen LogP contribution in [-0.4, -0.2) is 19.5 Å². The van der Waals surface area contributed by atoms with E-state index in [0.29, 0.717) is 23.0 Å². The average molecular weight is 799 g/mol. The zero-order chi connectivity index (χ0) is 41.7. The number of alkyl halides is 3. The van der Waals surface area contributed by atoms with Gasteiger partial charge in [-0.05, 0) is 83.6 Å². The van der Waals surface area contributed by atoms with Crippen molar-refractivity contribution in [3.8, 4) is 73.2 Å². The average Bonchev–Trinajstić information content (AvgIpc) is 3.62. The number of halogens is 3. The van der Waals surface area contributed by atoms with E-state index >= 15 is 0 Å². The van der Waals surface area contributed by atoms with Gasteiger partial charge in [0.25, 0.3) is 0 Å². The Kier molecular flexibility index (Phi) is 9.37. The summed E-state index contributed by atoms with van der Waals surface area (Å²) in [6, 6.07) is 61.1. The molecule has 0 amide bonds. The highest BCUT2D eigenvalue weighted by Crippen LogP contribution is 2.41. The number of hydrogen-bond acceptors (Lipinski definition) is 3. The summed E-state index contributed by atoms with van der Waals surface area (Å²) < 4.78 is 43.5. The molecule has 0 N–H and O–H groups in total. The minimum absolute atomic E-state index is 0.459. The molecule has 8 aromatic carbocycles. The second-order valence-electron chi connectivity index (χ2n) is 15.4. The molecule has 10 rings (SSSR count). The normalized spacial score (nSPS) is 11.7. The minimum atomic E-state index is -4.45. The van der Waals surface area contributed by atoms with Crippen LogP contribution in [0.1, 0.15) is 16.7 Å². The molecule has 0 unspecified atom stereocenters. The van der Waals surface area contributed by atoms with Crippen molar-refractivity contribution < 1.29 is 13.2 Å². The van der Waals surface area contributed by atoms with Gasteiger partial charge in [0, 0.05) is 27.5 Å². The summed E-state index contributed by atoms with van der Waals surface area (Å²) in [5.41, 5.74) is 12.4. The van der Waals surface area contributed by atoms with Crippen LogP contribution in [0.5, 0.6) is 0 Å². The van der Waals surface area contributed by atoms with Gasteiger partial charge in [0.2, 0.25) is 0 Å². The van der Waals surface area contributed by atoms with E-state index < -0.39 is 11.7 Å². The quantitative estimate of drug-likeness (QED) is 0.161. The molecule has 0 saturated heterocycles. The van der Waals surface area contributed by atoms with Gasteiger partial charge < -0.3 is 4.57 Å². The van der Waals surface area contributed by atoms with E-state index in [2.05, 4.69) is 103 Å². The van der Waals surface area contributed by atoms with Gasteiger partial charge in [0.1, 0.15) is 0 Å². The Morgan fingerprint density at radius 1 is 0.377 bits per heavy atom. The summed E-state index contributed by atoms with van der Waals surface area (Å²) in [4.78, 5) is 15.3. The number of hydrogen-bond donors (Lipinski definition) is 0. The van der Waals surface area contributed by atoms with Crippen molar-refractivity contribution in [3.05, 3.63) is 205 Å². The molecule has 0 aliphatic rings. The van der Waals surface area contributed by atoms with Gasteiger partial charge in [-0.3, -0.25) is 0 Å². The number of benzene rings is 8. The molecule has 7 heteroatoms. The van der Waals surface area contributed by atoms with E-state index in [1.54, 1.807) is 0 Å². The van der Waals surface area contributed by atoms with Crippen LogP contribution in [-0.2, 0) is 6.18 Å². The molecule has 0 saturated carbocycles. The molecule has 0 aliphatic carbocycles. The predicted octanol–water partition coefficient (Wildman–Crippen LogP) is 14.6. The summed E-state index contributed by atoms with van der Waals surface area (Å²) in [5.74, 6) is 1.50. The first-order chi connectivity index (χ1) is 29.7. The van der Waals surface area contributed by atoms with Crippen molar-refractivity contribution in [2.24, 2.45) is 0 Å². The van der Waals surface area contributed by atoms with Crippen LogP contribution in [0.3, 0.4) is 0 Å². The molecule has 2 heterocycles. The van der Waals surface area contributed by atoms with Crippen LogP contribution >= 0.6 is 0 Å². The lowest BCUT2D eigenvalue weighted by atomic mass is 9.99. The van der Waals surface area contributed by atoms with Crippen molar-refractivity contribution in [1.29, 1.82) is 0 Å². The molecule has 294 valence electrons. The summed E-state index contributed by atoms with van der Waals surface area (Å²) in [7, 11) is 0. The fourth-order valence-corrected chi connectivity index (χ4v) is 8.00. The summed E-state index contributed by atoms with van der Waals surface area (Å²) in [6.45, 7) is 4.16. The van der Waals surface area contributed by atoms with E-state index in [4.69, 9.17) is 15.0 Å². The van der Waals surface area contributed by atoms with E-state index in [-0.39, 0.29) is 0 Å². The lowest BCUT2D eigenvalue weighted by molar-refractivity contribution is -0.137. The zero-order valence-electron chi connectivity index (χ0n) is 33.3. The standard InChI is InChI=1S/C54H37F3N4/c1-34-13-17-36(18-14-34)41-23-28-45-46-29-24-42(37-19-15-35(2)16-20-37)32-49(46)61(48(45)31-41)50-33-43(38-21-26-44(27-22-38)54(55,56)57)25-30-47(50)53-59-51(39-9-5-3-6-10-39)58-52(60-53)40-11-7-4-8-12-40/h3-33H,1-2H3. The molecule has 2 aromatic heterocycles. The lowest BCUT2D eigenvalue weighted by Crippen LogP contribution is -2.05. The van der Waals surface area contributed by atoms with Gasteiger partial charge in [-0.15, -0.1) is 0 Å². The monoisotopic (exact) mass is 798 g/mol. The Labute approximate surface area is 351 Å². The lowest BCUT2D eigenvalue weighted by Gasteiger charge is -2.17. The van der Waals surface area contributed by atoms with Crippen molar-refractivity contribution in [1.82, 2.24) is 19.5 Å². The molecular weight excluding hydrogens is 762 g/mol. The minimum Gasteiger partial charge on any atom is -0.308 e. The van der Waals surface area contributed by atoms with Crippen LogP contribution in [0, 0.1) is 13.8 Å². The maximum Gasteiger partial charge on any atom is 0.416 e. The second kappa shape index (κ2) is 15.2. The summed E-state index contributed by atoms with van der Waals surface area (Å²) in [6.07, 6.45) is -4.45. The van der Waals surface area contributed by atoms with Gasteiger partial charge in [0.15, 0.2) is 17.5 Å². The van der Waals surface area contributed by atoms with Crippen molar-refractivity contribution in [2.45, 2.75) is 20.0 Å². The van der Waals surface area contributed by atoms with E-state index in [9.17, 15) is 13.2 Å². The molecule has 4 nitrogen and oxygen atoms in total. The molecule has 0 atom stereocenters. The Morgan fingerprint density at radius 2 is 0.770 bits per heavy atom. The fourth-order valence-electron chi connectivity index (χ4n) is 8.00. The zero-order valence-corrected chi connectivity index (χ0v) is 33.3. The van der Waals surface area contributed by atoms with Gasteiger partial charge in [-0.25, -0.2) is 15.0 Å². The molecule has 0 bridgehead atoms. The number of nitrogens with zero attached hydrogens (tertiary/aromatic N) is 4. The predicted molar refractivity (Wildman–Crippen MR) is 241 cm³/mol. The van der Waals surface area contributed by atoms with Crippen LogP contribution in [0.2, 0.25) is 0 Å². The Hall–Kier alpha value is -7.64. The second-order valence-corrected chi connectivity index (χ2v) is 15.4. The third kappa shape index (κ3) is 7.25. The molecule has 0 spiro atoms. The highest BCUT2D eigenvalue weighted by molar-refractivity contribution is 6.11.